The van der Waals surface area contributed by atoms with Gasteiger partial charge in [0.1, 0.15) is 0 Å². The van der Waals surface area contributed by atoms with E-state index in [1.54, 1.807) is 4.90 Å². The van der Waals surface area contributed by atoms with Gasteiger partial charge < -0.3 is 10.6 Å². The highest BCUT2D eigenvalue weighted by atomic mass is 16.2. The predicted octanol–water partition coefficient (Wildman–Crippen LogP) is 1.23. The molecule has 0 unspecified atom stereocenters. The Balaban J connectivity index is 2.34. The molecule has 1 rings (SSSR count). The number of hydrogen-bond donors (Lipinski definition) is 1. The average molecular weight is 198 g/mol. The molecule has 0 aromatic rings. The molecule has 1 aliphatic carbocycles. The second-order valence-electron chi connectivity index (χ2n) is 4.79. The van der Waals surface area contributed by atoms with Gasteiger partial charge in [0, 0.05) is 13.6 Å². The molecular formula is C11H22N2O. The first-order valence-corrected chi connectivity index (χ1v) is 5.53. The number of hydrogen-bond acceptors (Lipinski definition) is 2. The Morgan fingerprint density at radius 3 is 2.43 bits per heavy atom. The third-order valence-electron chi connectivity index (χ3n) is 3.14. The van der Waals surface area contributed by atoms with E-state index >= 15 is 0 Å². The molecule has 3 nitrogen and oxygen atoms in total. The summed E-state index contributed by atoms with van der Waals surface area (Å²) in [5.74, 6) is 1.04. The van der Waals surface area contributed by atoms with E-state index in [9.17, 15) is 4.79 Å². The summed E-state index contributed by atoms with van der Waals surface area (Å²) >= 11 is 0. The largest absolute Gasteiger partial charge is 0.344 e. The minimum atomic E-state index is -0.333. The Morgan fingerprint density at radius 2 is 2.07 bits per heavy atom. The quantitative estimate of drug-likeness (QED) is 0.738. The van der Waals surface area contributed by atoms with Crippen molar-refractivity contribution in [2.45, 2.75) is 39.2 Å². The van der Waals surface area contributed by atoms with E-state index in [1.807, 2.05) is 20.9 Å². The Hall–Kier alpha value is -0.570. The van der Waals surface area contributed by atoms with Crippen LogP contribution in [0.25, 0.3) is 0 Å². The summed E-state index contributed by atoms with van der Waals surface area (Å²) in [5, 5.41) is 0. The van der Waals surface area contributed by atoms with Gasteiger partial charge in [-0.15, -0.1) is 0 Å². The molecular weight excluding hydrogens is 176 g/mol. The van der Waals surface area contributed by atoms with Crippen LogP contribution in [0.1, 0.15) is 33.1 Å². The van der Waals surface area contributed by atoms with E-state index in [-0.39, 0.29) is 17.9 Å². The maximum absolute atomic E-state index is 11.8. The van der Waals surface area contributed by atoms with Crippen molar-refractivity contribution in [3.8, 4) is 0 Å². The van der Waals surface area contributed by atoms with Crippen LogP contribution >= 0.6 is 0 Å². The van der Waals surface area contributed by atoms with Gasteiger partial charge in [0.05, 0.1) is 6.04 Å². The summed E-state index contributed by atoms with van der Waals surface area (Å²) in [6.07, 6.45) is 3.87. The molecule has 0 aromatic heterocycles. The average Bonchev–Trinajstić information content (AvgIpc) is 2.08. The van der Waals surface area contributed by atoms with Crippen molar-refractivity contribution in [3.63, 3.8) is 0 Å². The van der Waals surface area contributed by atoms with Gasteiger partial charge in [-0.1, -0.05) is 20.3 Å². The lowest BCUT2D eigenvalue weighted by Gasteiger charge is -2.32. The van der Waals surface area contributed by atoms with Gasteiger partial charge in [-0.2, -0.15) is 0 Å². The lowest BCUT2D eigenvalue weighted by atomic mass is 9.85. The molecule has 3 heteroatoms. The predicted molar refractivity (Wildman–Crippen MR) is 57.8 cm³/mol. The third-order valence-corrected chi connectivity index (χ3v) is 3.14. The van der Waals surface area contributed by atoms with E-state index in [4.69, 9.17) is 5.73 Å². The van der Waals surface area contributed by atoms with Crippen molar-refractivity contribution in [2.24, 2.45) is 17.6 Å². The molecule has 1 amide bonds. The second kappa shape index (κ2) is 4.78. The highest BCUT2D eigenvalue weighted by molar-refractivity contribution is 5.81. The Labute approximate surface area is 86.6 Å². The SMILES string of the molecule is CC(C)[C@@H](N)C(=O)N(C)CC1CCC1. The second-order valence-corrected chi connectivity index (χ2v) is 4.79. The van der Waals surface area contributed by atoms with Crippen LogP contribution in [0.2, 0.25) is 0 Å². The molecule has 0 bridgehead atoms. The fourth-order valence-electron chi connectivity index (χ4n) is 1.69. The van der Waals surface area contributed by atoms with Gasteiger partial charge in [-0.3, -0.25) is 4.79 Å². The molecule has 0 aliphatic heterocycles. The smallest absolute Gasteiger partial charge is 0.239 e. The molecule has 0 heterocycles. The van der Waals surface area contributed by atoms with E-state index in [0.717, 1.165) is 12.5 Å². The van der Waals surface area contributed by atoms with E-state index in [2.05, 4.69) is 0 Å². The van der Waals surface area contributed by atoms with Gasteiger partial charge >= 0.3 is 0 Å². The minimum absolute atomic E-state index is 0.0897. The van der Waals surface area contributed by atoms with Gasteiger partial charge in [-0.05, 0) is 24.7 Å². The molecule has 1 fully saturated rings. The van der Waals surface area contributed by atoms with Crippen molar-refractivity contribution in [3.05, 3.63) is 0 Å². The van der Waals surface area contributed by atoms with Crippen LogP contribution in [0.5, 0.6) is 0 Å². The molecule has 0 saturated heterocycles. The normalized spacial score (nSPS) is 19.2. The van der Waals surface area contributed by atoms with Crippen molar-refractivity contribution < 1.29 is 4.79 Å². The molecule has 0 aromatic carbocycles. The topological polar surface area (TPSA) is 46.3 Å². The Morgan fingerprint density at radius 1 is 1.50 bits per heavy atom. The number of rotatable bonds is 4. The van der Waals surface area contributed by atoms with Crippen molar-refractivity contribution in [1.82, 2.24) is 4.90 Å². The maximum atomic E-state index is 11.8. The minimum Gasteiger partial charge on any atom is -0.344 e. The van der Waals surface area contributed by atoms with Gasteiger partial charge in [0.25, 0.3) is 0 Å². The lowest BCUT2D eigenvalue weighted by molar-refractivity contribution is -0.133. The lowest BCUT2D eigenvalue weighted by Crippen LogP contribution is -2.46. The highest BCUT2D eigenvalue weighted by Gasteiger charge is 2.25. The van der Waals surface area contributed by atoms with Crippen LogP contribution in [-0.4, -0.2) is 30.4 Å². The Kier molecular flexibility index (Phi) is 3.93. The molecule has 2 N–H and O–H groups in total. The highest BCUT2D eigenvalue weighted by Crippen LogP contribution is 2.26. The van der Waals surface area contributed by atoms with Gasteiger partial charge in [0.15, 0.2) is 0 Å². The van der Waals surface area contributed by atoms with E-state index in [0.29, 0.717) is 0 Å². The maximum Gasteiger partial charge on any atom is 0.239 e. The van der Waals surface area contributed by atoms with Crippen LogP contribution in [0.15, 0.2) is 0 Å². The van der Waals surface area contributed by atoms with Crippen LogP contribution in [0.3, 0.4) is 0 Å². The molecule has 1 aliphatic rings. The third kappa shape index (κ3) is 2.71. The number of likely N-dealkylation sites (N-methyl/N-ethyl adjacent to an activating group) is 1. The number of nitrogens with two attached hydrogens (primary N) is 1. The zero-order valence-electron chi connectivity index (χ0n) is 9.49. The van der Waals surface area contributed by atoms with Gasteiger partial charge in [0.2, 0.25) is 5.91 Å². The van der Waals surface area contributed by atoms with Crippen molar-refractivity contribution in [1.29, 1.82) is 0 Å². The molecule has 14 heavy (non-hydrogen) atoms. The first-order chi connectivity index (χ1) is 6.52. The van der Waals surface area contributed by atoms with Crippen LogP contribution < -0.4 is 5.73 Å². The summed E-state index contributed by atoms with van der Waals surface area (Å²) in [4.78, 5) is 13.6. The molecule has 0 radical (unpaired) electrons. The first-order valence-electron chi connectivity index (χ1n) is 5.53. The summed E-state index contributed by atoms with van der Waals surface area (Å²) in [7, 11) is 1.86. The first kappa shape index (κ1) is 11.5. The number of carbonyl (C=O) groups excluding carboxylic acids is 1. The summed E-state index contributed by atoms with van der Waals surface area (Å²) in [6, 6.07) is -0.333. The number of nitrogens with zero attached hydrogens (tertiary/aromatic N) is 1. The number of carbonyl (C=O) groups is 1. The zero-order chi connectivity index (χ0) is 10.7. The Bertz CT molecular complexity index is 199. The summed E-state index contributed by atoms with van der Waals surface area (Å²) in [5.41, 5.74) is 5.80. The van der Waals surface area contributed by atoms with Crippen molar-refractivity contribution in [2.75, 3.05) is 13.6 Å². The number of amides is 1. The zero-order valence-corrected chi connectivity index (χ0v) is 9.49. The molecule has 1 saturated carbocycles. The summed E-state index contributed by atoms with van der Waals surface area (Å²) in [6.45, 7) is 4.86. The standard InChI is InChI=1S/C11H22N2O/c1-8(2)10(12)11(14)13(3)7-9-5-4-6-9/h8-10H,4-7,12H2,1-3H3/t10-/m1/s1. The van der Waals surface area contributed by atoms with E-state index < -0.39 is 0 Å². The molecule has 82 valence electrons. The molecule has 1 atom stereocenters. The fraction of sp³-hybridized carbons (Fsp3) is 0.909. The van der Waals surface area contributed by atoms with Crippen LogP contribution in [0.4, 0.5) is 0 Å². The monoisotopic (exact) mass is 198 g/mol. The van der Waals surface area contributed by atoms with Gasteiger partial charge in [-0.25, -0.2) is 0 Å². The van der Waals surface area contributed by atoms with Crippen LogP contribution in [-0.2, 0) is 4.79 Å². The summed E-state index contributed by atoms with van der Waals surface area (Å²) < 4.78 is 0. The van der Waals surface area contributed by atoms with E-state index in [1.165, 1.54) is 19.3 Å². The van der Waals surface area contributed by atoms with Crippen LogP contribution in [0, 0.1) is 11.8 Å². The molecule has 0 spiro atoms. The fourth-order valence-corrected chi connectivity index (χ4v) is 1.69. The van der Waals surface area contributed by atoms with Crippen molar-refractivity contribution >= 4 is 5.91 Å².